The highest BCUT2D eigenvalue weighted by Gasteiger charge is 2.25. The van der Waals surface area contributed by atoms with Gasteiger partial charge in [0.1, 0.15) is 0 Å². The van der Waals surface area contributed by atoms with Gasteiger partial charge < -0.3 is 15.0 Å². The average molecular weight is 387 g/mol. The molecule has 0 spiro atoms. The van der Waals surface area contributed by atoms with Crippen LogP contribution in [0.15, 0.2) is 29.3 Å². The Morgan fingerprint density at radius 1 is 1.18 bits per heavy atom. The molecule has 1 aromatic rings. The maximum absolute atomic E-state index is 5.35. The van der Waals surface area contributed by atoms with E-state index in [0.29, 0.717) is 12.0 Å². The topological polar surface area (TPSA) is 40.1 Å². The molecule has 0 radical (unpaired) electrons. The maximum Gasteiger partial charge on any atom is 0.194 e. The van der Waals surface area contributed by atoms with Crippen molar-refractivity contribution in [3.63, 3.8) is 0 Å². The van der Waals surface area contributed by atoms with Crippen molar-refractivity contribution in [3.05, 3.63) is 35.4 Å². The summed E-state index contributed by atoms with van der Waals surface area (Å²) in [5.74, 6) is 1.66. The molecule has 0 aromatic heterocycles. The van der Waals surface area contributed by atoms with Gasteiger partial charge in [0.25, 0.3) is 0 Å². The number of likely N-dealkylation sites (tertiary alicyclic amines) is 2. The fourth-order valence-corrected chi connectivity index (χ4v) is 4.46. The first-order valence-corrected chi connectivity index (χ1v) is 11.0. The van der Waals surface area contributed by atoms with Gasteiger partial charge in [-0.3, -0.25) is 4.90 Å². The Labute approximate surface area is 171 Å². The Balaban J connectivity index is 1.67. The van der Waals surface area contributed by atoms with Crippen LogP contribution in [-0.2, 0) is 17.8 Å². The molecule has 0 amide bonds. The number of rotatable bonds is 7. The Hall–Kier alpha value is -1.59. The van der Waals surface area contributed by atoms with Gasteiger partial charge in [-0.15, -0.1) is 0 Å². The van der Waals surface area contributed by atoms with E-state index in [1.807, 2.05) is 0 Å². The van der Waals surface area contributed by atoms with E-state index in [1.54, 1.807) is 7.11 Å². The SMILES string of the molecule is CCNC(=NCc1ccccc1CN1CCCCC1C)N1CCC(COC)C1. The van der Waals surface area contributed by atoms with Gasteiger partial charge in [-0.1, -0.05) is 30.7 Å². The third-order valence-corrected chi connectivity index (χ3v) is 6.15. The minimum atomic E-state index is 0.613. The van der Waals surface area contributed by atoms with E-state index in [0.717, 1.165) is 45.3 Å². The minimum Gasteiger partial charge on any atom is -0.384 e. The van der Waals surface area contributed by atoms with Gasteiger partial charge in [0, 0.05) is 45.2 Å². The second-order valence-corrected chi connectivity index (χ2v) is 8.31. The second kappa shape index (κ2) is 10.8. The molecule has 156 valence electrons. The largest absolute Gasteiger partial charge is 0.384 e. The smallest absolute Gasteiger partial charge is 0.194 e. The summed E-state index contributed by atoms with van der Waals surface area (Å²) in [6.07, 6.45) is 5.20. The van der Waals surface area contributed by atoms with Crippen molar-refractivity contribution >= 4 is 5.96 Å². The van der Waals surface area contributed by atoms with Crippen molar-refractivity contribution in [2.75, 3.05) is 39.9 Å². The minimum absolute atomic E-state index is 0.613. The van der Waals surface area contributed by atoms with Crippen LogP contribution in [0.1, 0.15) is 50.7 Å². The number of hydrogen-bond acceptors (Lipinski definition) is 3. The lowest BCUT2D eigenvalue weighted by Crippen LogP contribution is -2.40. The van der Waals surface area contributed by atoms with E-state index in [9.17, 15) is 0 Å². The van der Waals surface area contributed by atoms with Crippen molar-refractivity contribution in [3.8, 4) is 0 Å². The monoisotopic (exact) mass is 386 g/mol. The average Bonchev–Trinajstić information content (AvgIpc) is 3.17. The zero-order valence-corrected chi connectivity index (χ0v) is 18.0. The van der Waals surface area contributed by atoms with Crippen molar-refractivity contribution in [2.45, 2.75) is 58.7 Å². The molecule has 0 saturated carbocycles. The number of nitrogens with one attached hydrogen (secondary N) is 1. The predicted octanol–water partition coefficient (Wildman–Crippen LogP) is 3.49. The molecule has 1 N–H and O–H groups in total. The van der Waals surface area contributed by atoms with Gasteiger partial charge in [0.2, 0.25) is 0 Å². The molecule has 28 heavy (non-hydrogen) atoms. The zero-order chi connectivity index (χ0) is 19.8. The van der Waals surface area contributed by atoms with Gasteiger partial charge in [-0.05, 0) is 50.8 Å². The van der Waals surface area contributed by atoms with Crippen LogP contribution in [0.2, 0.25) is 0 Å². The Kier molecular flexibility index (Phi) is 8.16. The predicted molar refractivity (Wildman–Crippen MR) is 117 cm³/mol. The molecule has 2 fully saturated rings. The van der Waals surface area contributed by atoms with Crippen molar-refractivity contribution in [1.29, 1.82) is 0 Å². The molecule has 1 aromatic carbocycles. The van der Waals surface area contributed by atoms with Crippen molar-refractivity contribution in [2.24, 2.45) is 10.9 Å². The first-order valence-electron chi connectivity index (χ1n) is 11.0. The van der Waals surface area contributed by atoms with Crippen LogP contribution >= 0.6 is 0 Å². The number of methoxy groups -OCH3 is 1. The van der Waals surface area contributed by atoms with E-state index < -0.39 is 0 Å². The van der Waals surface area contributed by atoms with Gasteiger partial charge in [0.15, 0.2) is 5.96 Å². The number of ether oxygens (including phenoxy) is 1. The maximum atomic E-state index is 5.35. The second-order valence-electron chi connectivity index (χ2n) is 8.31. The first kappa shape index (κ1) is 21.1. The van der Waals surface area contributed by atoms with Crippen LogP contribution in [0, 0.1) is 5.92 Å². The van der Waals surface area contributed by atoms with Crippen molar-refractivity contribution < 1.29 is 4.74 Å². The molecule has 3 rings (SSSR count). The van der Waals surface area contributed by atoms with Crippen LogP contribution in [-0.4, -0.2) is 61.7 Å². The highest BCUT2D eigenvalue weighted by molar-refractivity contribution is 5.80. The number of nitrogens with zero attached hydrogens (tertiary/aromatic N) is 3. The molecule has 2 unspecified atom stereocenters. The lowest BCUT2D eigenvalue weighted by Gasteiger charge is -2.33. The molecule has 2 atom stereocenters. The normalized spacial score (nSPS) is 24.0. The Bertz CT molecular complexity index is 633. The summed E-state index contributed by atoms with van der Waals surface area (Å²) in [7, 11) is 1.79. The van der Waals surface area contributed by atoms with Crippen LogP contribution < -0.4 is 5.32 Å². The summed E-state index contributed by atoms with van der Waals surface area (Å²) in [6.45, 7) is 11.4. The zero-order valence-electron chi connectivity index (χ0n) is 18.0. The van der Waals surface area contributed by atoms with E-state index in [1.165, 1.54) is 43.4 Å². The first-order chi connectivity index (χ1) is 13.7. The third-order valence-electron chi connectivity index (χ3n) is 6.15. The van der Waals surface area contributed by atoms with Crippen molar-refractivity contribution in [1.82, 2.24) is 15.1 Å². The van der Waals surface area contributed by atoms with Gasteiger partial charge >= 0.3 is 0 Å². The molecular weight excluding hydrogens is 348 g/mol. The fraction of sp³-hybridized carbons (Fsp3) is 0.696. The highest BCUT2D eigenvalue weighted by atomic mass is 16.5. The van der Waals surface area contributed by atoms with Gasteiger partial charge in [-0.25, -0.2) is 4.99 Å². The molecule has 5 heteroatoms. The summed E-state index contributed by atoms with van der Waals surface area (Å²) in [6, 6.07) is 9.52. The van der Waals surface area contributed by atoms with E-state index >= 15 is 0 Å². The number of benzene rings is 1. The molecule has 2 aliphatic heterocycles. The molecule has 0 aliphatic carbocycles. The summed E-state index contributed by atoms with van der Waals surface area (Å²) >= 11 is 0. The lowest BCUT2D eigenvalue weighted by atomic mass is 10.0. The van der Waals surface area contributed by atoms with Gasteiger partial charge in [-0.2, -0.15) is 0 Å². The third kappa shape index (κ3) is 5.71. The Morgan fingerprint density at radius 3 is 2.75 bits per heavy atom. The summed E-state index contributed by atoms with van der Waals surface area (Å²) in [5.41, 5.74) is 2.78. The molecule has 0 bridgehead atoms. The summed E-state index contributed by atoms with van der Waals surface area (Å²) in [4.78, 5) is 10.0. The fourth-order valence-electron chi connectivity index (χ4n) is 4.46. The van der Waals surface area contributed by atoms with Crippen LogP contribution in [0.4, 0.5) is 0 Å². The van der Waals surface area contributed by atoms with E-state index in [-0.39, 0.29) is 0 Å². The van der Waals surface area contributed by atoms with Crippen LogP contribution in [0.5, 0.6) is 0 Å². The molecule has 2 saturated heterocycles. The number of guanidine groups is 1. The number of hydrogen-bond donors (Lipinski definition) is 1. The summed E-state index contributed by atoms with van der Waals surface area (Å²) < 4.78 is 5.35. The van der Waals surface area contributed by atoms with E-state index in [2.05, 4.69) is 53.2 Å². The Morgan fingerprint density at radius 2 is 2.00 bits per heavy atom. The molecular formula is C23H38N4O. The van der Waals surface area contributed by atoms with Gasteiger partial charge in [0.05, 0.1) is 13.2 Å². The number of piperidine rings is 1. The van der Waals surface area contributed by atoms with Crippen LogP contribution in [0.25, 0.3) is 0 Å². The number of aliphatic imine (C=N–C) groups is 1. The summed E-state index contributed by atoms with van der Waals surface area (Å²) in [5, 5.41) is 3.49. The molecule has 2 heterocycles. The highest BCUT2D eigenvalue weighted by Crippen LogP contribution is 2.22. The van der Waals surface area contributed by atoms with Crippen LogP contribution in [0.3, 0.4) is 0 Å². The lowest BCUT2D eigenvalue weighted by molar-refractivity contribution is 0.152. The molecule has 2 aliphatic rings. The molecule has 5 nitrogen and oxygen atoms in total. The van der Waals surface area contributed by atoms with E-state index in [4.69, 9.17) is 9.73 Å². The standard InChI is InChI=1S/C23H38N4O/c1-4-24-23(27-14-12-20(16-27)18-28-3)25-15-21-10-5-6-11-22(21)17-26-13-8-7-9-19(26)2/h5-6,10-11,19-20H,4,7-9,12-18H2,1-3H3,(H,24,25). The quantitative estimate of drug-likeness (QED) is 0.575.